The van der Waals surface area contributed by atoms with Crippen molar-refractivity contribution >= 4 is 17.5 Å². The fourth-order valence-electron chi connectivity index (χ4n) is 2.60. The van der Waals surface area contributed by atoms with E-state index in [1.165, 1.54) is 18.5 Å². The largest absolute Gasteiger partial charge is 0.383 e. The summed E-state index contributed by atoms with van der Waals surface area (Å²) in [6.07, 6.45) is 3.23. The van der Waals surface area contributed by atoms with Crippen LogP contribution in [0.1, 0.15) is 18.4 Å². The molecule has 1 aliphatic heterocycles. The molecular weight excluding hydrogens is 294 g/mol. The summed E-state index contributed by atoms with van der Waals surface area (Å²) in [4.78, 5) is 25.4. The van der Waals surface area contributed by atoms with E-state index in [0.717, 1.165) is 18.7 Å². The Morgan fingerprint density at radius 2 is 1.65 bits per heavy atom. The van der Waals surface area contributed by atoms with Gasteiger partial charge in [0.25, 0.3) is 0 Å². The highest BCUT2D eigenvalue weighted by atomic mass is 16.5. The molecule has 2 amide bonds. The number of nitrogens with one attached hydrogen (secondary N) is 2. The van der Waals surface area contributed by atoms with Gasteiger partial charge in [-0.05, 0) is 37.0 Å². The highest BCUT2D eigenvalue weighted by Gasteiger charge is 2.13. The van der Waals surface area contributed by atoms with Gasteiger partial charge < -0.3 is 20.3 Å². The van der Waals surface area contributed by atoms with E-state index in [0.29, 0.717) is 26.1 Å². The zero-order chi connectivity index (χ0) is 16.5. The van der Waals surface area contributed by atoms with Crippen LogP contribution < -0.4 is 15.5 Å². The minimum atomic E-state index is -0.619. The average molecular weight is 319 g/mol. The van der Waals surface area contributed by atoms with Crippen molar-refractivity contribution in [3.05, 3.63) is 29.8 Å². The predicted molar refractivity (Wildman–Crippen MR) is 89.5 cm³/mol. The van der Waals surface area contributed by atoms with Crippen LogP contribution in [0.5, 0.6) is 0 Å². The molecule has 0 radical (unpaired) electrons. The highest BCUT2D eigenvalue weighted by molar-refractivity contribution is 6.35. The number of anilines is 1. The topological polar surface area (TPSA) is 70.7 Å². The van der Waals surface area contributed by atoms with Crippen LogP contribution in [-0.2, 0) is 20.7 Å². The molecule has 1 aromatic rings. The number of hydrogen-bond donors (Lipinski definition) is 2. The second kappa shape index (κ2) is 9.15. The van der Waals surface area contributed by atoms with Crippen molar-refractivity contribution in [3.63, 3.8) is 0 Å². The molecular formula is C17H25N3O3. The number of benzene rings is 1. The van der Waals surface area contributed by atoms with Gasteiger partial charge in [-0.15, -0.1) is 0 Å². The van der Waals surface area contributed by atoms with Crippen LogP contribution in [0.25, 0.3) is 0 Å². The molecule has 1 heterocycles. The fraction of sp³-hybridized carbons (Fsp3) is 0.529. The normalized spacial score (nSPS) is 13.9. The monoisotopic (exact) mass is 319 g/mol. The van der Waals surface area contributed by atoms with Gasteiger partial charge in [0.2, 0.25) is 0 Å². The molecule has 23 heavy (non-hydrogen) atoms. The van der Waals surface area contributed by atoms with E-state index in [9.17, 15) is 9.59 Å². The Balaban J connectivity index is 1.69. The van der Waals surface area contributed by atoms with Crippen LogP contribution in [0.3, 0.4) is 0 Å². The summed E-state index contributed by atoms with van der Waals surface area (Å²) < 4.78 is 4.81. The van der Waals surface area contributed by atoms with Crippen LogP contribution in [0.4, 0.5) is 5.69 Å². The Hall–Kier alpha value is -2.08. The van der Waals surface area contributed by atoms with Crippen LogP contribution in [-0.4, -0.2) is 51.7 Å². The number of carbonyl (C=O) groups is 2. The quantitative estimate of drug-likeness (QED) is 0.573. The molecule has 6 heteroatoms. The first kappa shape index (κ1) is 17.3. The Morgan fingerprint density at radius 3 is 2.26 bits per heavy atom. The van der Waals surface area contributed by atoms with E-state index < -0.39 is 11.8 Å². The molecule has 0 aliphatic carbocycles. The van der Waals surface area contributed by atoms with Gasteiger partial charge in [0, 0.05) is 39.0 Å². The maximum Gasteiger partial charge on any atom is 0.309 e. The van der Waals surface area contributed by atoms with Gasteiger partial charge in [0.05, 0.1) is 6.61 Å². The summed E-state index contributed by atoms with van der Waals surface area (Å²) >= 11 is 0. The summed E-state index contributed by atoms with van der Waals surface area (Å²) in [7, 11) is 1.54. The standard InChI is InChI=1S/C17H25N3O3/c1-23-13-10-19-17(22)16(21)18-9-8-14-4-6-15(7-5-14)20-11-2-3-12-20/h4-7H,2-3,8-13H2,1H3,(H,18,21)(H,19,22). The van der Waals surface area contributed by atoms with Crippen molar-refractivity contribution in [2.45, 2.75) is 19.3 Å². The first-order valence-corrected chi connectivity index (χ1v) is 8.09. The van der Waals surface area contributed by atoms with Crippen molar-refractivity contribution in [1.29, 1.82) is 0 Å². The molecule has 0 bridgehead atoms. The van der Waals surface area contributed by atoms with Crippen molar-refractivity contribution in [2.75, 3.05) is 44.8 Å². The number of methoxy groups -OCH3 is 1. The maximum atomic E-state index is 11.6. The molecule has 1 saturated heterocycles. The van der Waals surface area contributed by atoms with Crippen molar-refractivity contribution < 1.29 is 14.3 Å². The zero-order valence-electron chi connectivity index (χ0n) is 13.6. The number of ether oxygens (including phenoxy) is 1. The predicted octanol–water partition coefficient (Wildman–Crippen LogP) is 0.708. The summed E-state index contributed by atoms with van der Waals surface area (Å²) in [5.41, 5.74) is 2.40. The van der Waals surface area contributed by atoms with E-state index in [1.807, 2.05) is 0 Å². The summed E-state index contributed by atoms with van der Waals surface area (Å²) in [5.74, 6) is -1.22. The number of amides is 2. The molecule has 0 atom stereocenters. The molecule has 0 aromatic heterocycles. The second-order valence-electron chi connectivity index (χ2n) is 5.62. The smallest absolute Gasteiger partial charge is 0.309 e. The Bertz CT molecular complexity index is 510. The minimum Gasteiger partial charge on any atom is -0.383 e. The number of rotatable bonds is 7. The van der Waals surface area contributed by atoms with E-state index in [-0.39, 0.29) is 0 Å². The Kier molecular flexibility index (Phi) is 6.87. The lowest BCUT2D eigenvalue weighted by Gasteiger charge is -2.17. The van der Waals surface area contributed by atoms with E-state index in [2.05, 4.69) is 39.8 Å². The first-order valence-electron chi connectivity index (χ1n) is 8.09. The summed E-state index contributed by atoms with van der Waals surface area (Å²) in [6.45, 7) is 3.43. The molecule has 2 rings (SSSR count). The molecule has 0 saturated carbocycles. The third-order valence-corrected chi connectivity index (χ3v) is 3.90. The van der Waals surface area contributed by atoms with Gasteiger partial charge >= 0.3 is 11.8 Å². The molecule has 126 valence electrons. The van der Waals surface area contributed by atoms with E-state index >= 15 is 0 Å². The lowest BCUT2D eigenvalue weighted by Crippen LogP contribution is -2.41. The van der Waals surface area contributed by atoms with E-state index in [1.54, 1.807) is 7.11 Å². The van der Waals surface area contributed by atoms with Crippen LogP contribution in [0.15, 0.2) is 24.3 Å². The SMILES string of the molecule is COCCNC(=O)C(=O)NCCc1ccc(N2CCCC2)cc1. The Morgan fingerprint density at radius 1 is 1.04 bits per heavy atom. The number of hydrogen-bond acceptors (Lipinski definition) is 4. The van der Waals surface area contributed by atoms with Crippen molar-refractivity contribution in [1.82, 2.24) is 10.6 Å². The van der Waals surface area contributed by atoms with Gasteiger partial charge in [-0.3, -0.25) is 9.59 Å². The van der Waals surface area contributed by atoms with Gasteiger partial charge in [0.1, 0.15) is 0 Å². The van der Waals surface area contributed by atoms with Gasteiger partial charge in [-0.2, -0.15) is 0 Å². The Labute approximate surface area is 137 Å². The van der Waals surface area contributed by atoms with Gasteiger partial charge in [0.15, 0.2) is 0 Å². The van der Waals surface area contributed by atoms with E-state index in [4.69, 9.17) is 4.74 Å². The average Bonchev–Trinajstić information content (AvgIpc) is 3.10. The van der Waals surface area contributed by atoms with Crippen LogP contribution >= 0.6 is 0 Å². The summed E-state index contributed by atoms with van der Waals surface area (Å²) in [6, 6.07) is 8.41. The van der Waals surface area contributed by atoms with Crippen LogP contribution in [0, 0.1) is 0 Å². The third kappa shape index (κ3) is 5.56. The van der Waals surface area contributed by atoms with Crippen molar-refractivity contribution in [3.8, 4) is 0 Å². The number of nitrogens with zero attached hydrogens (tertiary/aromatic N) is 1. The molecule has 1 aromatic carbocycles. The molecule has 0 unspecified atom stereocenters. The zero-order valence-corrected chi connectivity index (χ0v) is 13.6. The lowest BCUT2D eigenvalue weighted by atomic mass is 10.1. The van der Waals surface area contributed by atoms with Crippen LogP contribution in [0.2, 0.25) is 0 Å². The fourth-order valence-corrected chi connectivity index (χ4v) is 2.60. The highest BCUT2D eigenvalue weighted by Crippen LogP contribution is 2.20. The molecule has 1 aliphatic rings. The third-order valence-electron chi connectivity index (χ3n) is 3.90. The summed E-state index contributed by atoms with van der Waals surface area (Å²) in [5, 5.41) is 5.11. The molecule has 2 N–H and O–H groups in total. The number of carbonyl (C=O) groups excluding carboxylic acids is 2. The molecule has 1 fully saturated rings. The molecule has 0 spiro atoms. The van der Waals surface area contributed by atoms with Crippen molar-refractivity contribution in [2.24, 2.45) is 0 Å². The van der Waals surface area contributed by atoms with Gasteiger partial charge in [-0.25, -0.2) is 0 Å². The maximum absolute atomic E-state index is 11.6. The minimum absolute atomic E-state index is 0.334. The molecule has 6 nitrogen and oxygen atoms in total. The second-order valence-corrected chi connectivity index (χ2v) is 5.62. The lowest BCUT2D eigenvalue weighted by molar-refractivity contribution is -0.139. The first-order chi connectivity index (χ1) is 11.2. The van der Waals surface area contributed by atoms with Gasteiger partial charge in [-0.1, -0.05) is 12.1 Å².